The zero-order valence-corrected chi connectivity index (χ0v) is 18.4. The molecule has 0 radical (unpaired) electrons. The SMILES string of the molecule is CCCCC(C)CCC=C1CC[C@H](O)[C@@H]1CCCCCC(=O)C(=O)OCCC. The molecular weight excluding hydrogens is 352 g/mol. The minimum absolute atomic E-state index is 0.214. The van der Waals surface area contributed by atoms with Crippen LogP contribution in [0.2, 0.25) is 0 Å². The summed E-state index contributed by atoms with van der Waals surface area (Å²) in [6.45, 7) is 6.81. The summed E-state index contributed by atoms with van der Waals surface area (Å²) < 4.78 is 4.87. The van der Waals surface area contributed by atoms with E-state index in [1.54, 1.807) is 0 Å². The van der Waals surface area contributed by atoms with Gasteiger partial charge in [0.2, 0.25) is 5.78 Å². The second-order valence-corrected chi connectivity index (χ2v) is 8.47. The van der Waals surface area contributed by atoms with Gasteiger partial charge in [0.1, 0.15) is 0 Å². The van der Waals surface area contributed by atoms with Crippen LogP contribution in [0.25, 0.3) is 0 Å². The van der Waals surface area contributed by atoms with Crippen molar-refractivity contribution in [2.45, 2.75) is 110 Å². The maximum absolute atomic E-state index is 11.7. The Morgan fingerprint density at radius 1 is 1.14 bits per heavy atom. The maximum Gasteiger partial charge on any atom is 0.374 e. The Bertz CT molecular complexity index is 483. The fourth-order valence-corrected chi connectivity index (χ4v) is 4.03. The molecule has 0 aromatic carbocycles. The standard InChI is InChI=1S/C24H42O4/c1-4-6-11-19(3)12-10-13-20-16-17-22(25)21(20)14-8-7-9-15-23(26)24(27)28-18-5-2/h13,19,21-22,25H,4-12,14-18H2,1-3H3/t19?,21-,22+/m1/s1. The van der Waals surface area contributed by atoms with E-state index >= 15 is 0 Å². The zero-order chi connectivity index (χ0) is 20.8. The molecule has 0 aromatic heterocycles. The van der Waals surface area contributed by atoms with Crippen LogP contribution in [0.4, 0.5) is 0 Å². The monoisotopic (exact) mass is 394 g/mol. The molecule has 0 heterocycles. The Labute approximate surface area is 172 Å². The number of carbonyl (C=O) groups is 2. The minimum atomic E-state index is -0.688. The van der Waals surface area contributed by atoms with Crippen LogP contribution >= 0.6 is 0 Å². The van der Waals surface area contributed by atoms with Crippen molar-refractivity contribution in [2.24, 2.45) is 11.8 Å². The number of aliphatic hydroxyl groups is 1. The number of rotatable bonds is 15. The van der Waals surface area contributed by atoms with Gasteiger partial charge in [-0.3, -0.25) is 4.79 Å². The number of hydrogen-bond acceptors (Lipinski definition) is 4. The summed E-state index contributed by atoms with van der Waals surface area (Å²) in [4.78, 5) is 23.1. The lowest BCUT2D eigenvalue weighted by Crippen LogP contribution is -2.17. The smallest absolute Gasteiger partial charge is 0.374 e. The molecule has 1 unspecified atom stereocenters. The Balaban J connectivity index is 2.26. The first-order valence-electron chi connectivity index (χ1n) is 11.6. The van der Waals surface area contributed by atoms with Crippen LogP contribution in [-0.2, 0) is 14.3 Å². The van der Waals surface area contributed by atoms with Crippen molar-refractivity contribution in [1.82, 2.24) is 0 Å². The third-order valence-electron chi connectivity index (χ3n) is 5.87. The van der Waals surface area contributed by atoms with Crippen molar-refractivity contribution in [3.05, 3.63) is 11.6 Å². The number of allylic oxidation sites excluding steroid dienone is 1. The number of esters is 1. The van der Waals surface area contributed by atoms with E-state index in [4.69, 9.17) is 4.74 Å². The normalized spacial score (nSPS) is 21.8. The van der Waals surface area contributed by atoms with Gasteiger partial charge in [0, 0.05) is 12.3 Å². The summed E-state index contributed by atoms with van der Waals surface area (Å²) >= 11 is 0. The van der Waals surface area contributed by atoms with Crippen LogP contribution in [0.1, 0.15) is 104 Å². The van der Waals surface area contributed by atoms with Gasteiger partial charge < -0.3 is 9.84 Å². The molecule has 1 aliphatic carbocycles. The van der Waals surface area contributed by atoms with Gasteiger partial charge in [-0.2, -0.15) is 0 Å². The molecule has 0 bridgehead atoms. The van der Waals surface area contributed by atoms with E-state index in [1.165, 1.54) is 31.3 Å². The summed E-state index contributed by atoms with van der Waals surface area (Å²) in [5, 5.41) is 10.3. The van der Waals surface area contributed by atoms with E-state index in [9.17, 15) is 14.7 Å². The first kappa shape index (κ1) is 24.9. The Morgan fingerprint density at radius 2 is 1.93 bits per heavy atom. The molecule has 0 spiro atoms. The first-order chi connectivity index (χ1) is 13.5. The Morgan fingerprint density at radius 3 is 2.64 bits per heavy atom. The first-order valence-corrected chi connectivity index (χ1v) is 11.6. The molecule has 0 saturated heterocycles. The molecule has 4 nitrogen and oxygen atoms in total. The lowest BCUT2D eigenvalue weighted by atomic mass is 9.92. The van der Waals surface area contributed by atoms with Crippen LogP contribution in [0.15, 0.2) is 11.6 Å². The highest BCUT2D eigenvalue weighted by molar-refractivity contribution is 6.33. The number of hydrogen-bond donors (Lipinski definition) is 1. The van der Waals surface area contributed by atoms with Crippen molar-refractivity contribution >= 4 is 11.8 Å². The third kappa shape index (κ3) is 9.86. The van der Waals surface area contributed by atoms with E-state index < -0.39 is 11.8 Å². The molecule has 1 saturated carbocycles. The highest BCUT2D eigenvalue weighted by atomic mass is 16.5. The molecule has 28 heavy (non-hydrogen) atoms. The van der Waals surface area contributed by atoms with E-state index in [0.717, 1.165) is 57.3 Å². The van der Waals surface area contributed by atoms with Crippen LogP contribution in [0.5, 0.6) is 0 Å². The number of ether oxygens (including phenoxy) is 1. The van der Waals surface area contributed by atoms with Crippen LogP contribution in [-0.4, -0.2) is 29.6 Å². The van der Waals surface area contributed by atoms with Gasteiger partial charge in [-0.25, -0.2) is 4.79 Å². The number of ketones is 1. The van der Waals surface area contributed by atoms with Crippen molar-refractivity contribution in [1.29, 1.82) is 0 Å². The van der Waals surface area contributed by atoms with Crippen molar-refractivity contribution < 1.29 is 19.4 Å². The van der Waals surface area contributed by atoms with Crippen LogP contribution in [0, 0.1) is 11.8 Å². The van der Waals surface area contributed by atoms with Crippen molar-refractivity contribution in [3.63, 3.8) is 0 Å². The third-order valence-corrected chi connectivity index (χ3v) is 5.87. The fourth-order valence-electron chi connectivity index (χ4n) is 4.03. The van der Waals surface area contributed by atoms with E-state index in [0.29, 0.717) is 6.61 Å². The summed E-state index contributed by atoms with van der Waals surface area (Å²) in [6, 6.07) is 0. The number of unbranched alkanes of at least 4 members (excludes halogenated alkanes) is 3. The second-order valence-electron chi connectivity index (χ2n) is 8.47. The van der Waals surface area contributed by atoms with Crippen molar-refractivity contribution in [2.75, 3.05) is 6.61 Å². The summed E-state index contributed by atoms with van der Waals surface area (Å²) in [5.41, 5.74) is 1.44. The molecule has 0 amide bonds. The summed E-state index contributed by atoms with van der Waals surface area (Å²) in [6.07, 6.45) is 14.9. The van der Waals surface area contributed by atoms with Crippen molar-refractivity contribution in [3.8, 4) is 0 Å². The second kappa shape index (κ2) is 14.8. The van der Waals surface area contributed by atoms with Gasteiger partial charge in [-0.1, -0.05) is 64.5 Å². The van der Waals surface area contributed by atoms with Gasteiger partial charge in [0.05, 0.1) is 12.7 Å². The molecule has 1 aliphatic rings. The predicted octanol–water partition coefficient (Wildman–Crippen LogP) is 5.76. The molecule has 1 rings (SSSR count). The van der Waals surface area contributed by atoms with Gasteiger partial charge in [-0.15, -0.1) is 0 Å². The van der Waals surface area contributed by atoms with E-state index in [-0.39, 0.29) is 18.4 Å². The fraction of sp³-hybridized carbons (Fsp3) is 0.833. The van der Waals surface area contributed by atoms with E-state index in [1.807, 2.05) is 6.92 Å². The van der Waals surface area contributed by atoms with Gasteiger partial charge in [0.25, 0.3) is 0 Å². The summed E-state index contributed by atoms with van der Waals surface area (Å²) in [7, 11) is 0. The molecule has 162 valence electrons. The molecule has 1 fully saturated rings. The molecule has 4 heteroatoms. The zero-order valence-electron chi connectivity index (χ0n) is 18.4. The minimum Gasteiger partial charge on any atom is -0.460 e. The largest absolute Gasteiger partial charge is 0.460 e. The number of Topliss-reactive ketones (excluding diaryl/α,β-unsaturated/α-hetero) is 1. The average molecular weight is 395 g/mol. The summed E-state index contributed by atoms with van der Waals surface area (Å²) in [5.74, 6) is -0.0297. The topological polar surface area (TPSA) is 63.6 Å². The van der Waals surface area contributed by atoms with Crippen LogP contribution < -0.4 is 0 Å². The van der Waals surface area contributed by atoms with E-state index in [2.05, 4.69) is 19.9 Å². The lowest BCUT2D eigenvalue weighted by Gasteiger charge is -2.17. The highest BCUT2D eigenvalue weighted by Crippen LogP contribution is 2.36. The molecule has 3 atom stereocenters. The molecule has 1 N–H and O–H groups in total. The lowest BCUT2D eigenvalue weighted by molar-refractivity contribution is -0.153. The quantitative estimate of drug-likeness (QED) is 0.166. The average Bonchev–Trinajstić information content (AvgIpc) is 3.03. The Kier molecular flexibility index (Phi) is 13.1. The molecule has 0 aliphatic heterocycles. The number of aliphatic hydroxyl groups excluding tert-OH is 1. The maximum atomic E-state index is 11.7. The molecule has 0 aromatic rings. The Hall–Kier alpha value is -1.16. The van der Waals surface area contributed by atoms with Gasteiger partial charge >= 0.3 is 5.97 Å². The van der Waals surface area contributed by atoms with Crippen LogP contribution in [0.3, 0.4) is 0 Å². The molecular formula is C24H42O4. The number of carbonyl (C=O) groups excluding carboxylic acids is 2. The predicted molar refractivity (Wildman–Crippen MR) is 114 cm³/mol. The van der Waals surface area contributed by atoms with Gasteiger partial charge in [0.15, 0.2) is 0 Å². The van der Waals surface area contributed by atoms with Gasteiger partial charge in [-0.05, 0) is 50.9 Å². The highest BCUT2D eigenvalue weighted by Gasteiger charge is 2.29.